The molecule has 1 unspecified atom stereocenters. The maximum Gasteiger partial charge on any atom is 0.281 e. The Balaban J connectivity index is 1.92. The second-order valence-electron chi connectivity index (χ2n) is 5.43. The number of benzene rings is 1. The molecule has 1 atom stereocenters. The van der Waals surface area contributed by atoms with Crippen molar-refractivity contribution in [1.82, 2.24) is 4.57 Å². The van der Waals surface area contributed by atoms with Crippen LogP contribution in [0.2, 0.25) is 10.0 Å². The molecule has 0 saturated carbocycles. The van der Waals surface area contributed by atoms with Crippen molar-refractivity contribution in [2.24, 2.45) is 4.99 Å². The highest BCUT2D eigenvalue weighted by atomic mass is 35.5. The van der Waals surface area contributed by atoms with E-state index in [9.17, 15) is 4.79 Å². The van der Waals surface area contributed by atoms with E-state index in [-0.39, 0.29) is 17.0 Å². The third kappa shape index (κ3) is 3.86. The molecule has 2 aromatic rings. The van der Waals surface area contributed by atoms with Crippen molar-refractivity contribution in [1.29, 1.82) is 0 Å². The van der Waals surface area contributed by atoms with Crippen LogP contribution in [-0.2, 0) is 11.3 Å². The summed E-state index contributed by atoms with van der Waals surface area (Å²) < 4.78 is 7.64. The molecule has 7 heteroatoms. The third-order valence-corrected chi connectivity index (χ3v) is 5.39. The summed E-state index contributed by atoms with van der Waals surface area (Å²) in [7, 11) is 0. The smallest absolute Gasteiger partial charge is 0.281 e. The number of rotatable bonds is 3. The van der Waals surface area contributed by atoms with Gasteiger partial charge in [0.2, 0.25) is 0 Å². The maximum absolute atomic E-state index is 12.4. The number of carbonyl (C=O) groups is 1. The lowest BCUT2D eigenvalue weighted by Crippen LogP contribution is -2.23. The summed E-state index contributed by atoms with van der Waals surface area (Å²) in [5, 5.41) is 0.587. The van der Waals surface area contributed by atoms with E-state index in [1.165, 1.54) is 11.3 Å². The zero-order chi connectivity index (χ0) is 16.4. The highest BCUT2D eigenvalue weighted by Crippen LogP contribution is 2.26. The lowest BCUT2D eigenvalue weighted by molar-refractivity contribution is 0.0949. The molecular formula is C16H16Cl2N2O2S. The van der Waals surface area contributed by atoms with E-state index in [0.29, 0.717) is 21.9 Å². The normalized spacial score (nSPS) is 18.6. The molecule has 3 rings (SSSR count). The number of nitrogens with zero attached hydrogens (tertiary/aromatic N) is 2. The average Bonchev–Trinajstić information content (AvgIpc) is 3.12. The molecule has 122 valence electrons. The van der Waals surface area contributed by atoms with Crippen molar-refractivity contribution in [3.8, 4) is 0 Å². The van der Waals surface area contributed by atoms with Crippen molar-refractivity contribution in [2.45, 2.75) is 32.4 Å². The predicted octanol–water partition coefficient (Wildman–Crippen LogP) is 4.08. The molecule has 0 bridgehead atoms. The number of halogens is 2. The minimum Gasteiger partial charge on any atom is -0.376 e. The Bertz CT molecular complexity index is 792. The van der Waals surface area contributed by atoms with E-state index in [1.807, 2.05) is 17.7 Å². The Labute approximate surface area is 148 Å². The fourth-order valence-electron chi connectivity index (χ4n) is 2.55. The third-order valence-electron chi connectivity index (χ3n) is 3.64. The van der Waals surface area contributed by atoms with Gasteiger partial charge in [-0.15, -0.1) is 11.3 Å². The molecule has 1 amide bonds. The van der Waals surface area contributed by atoms with Crippen molar-refractivity contribution < 1.29 is 9.53 Å². The number of aromatic nitrogens is 1. The van der Waals surface area contributed by atoms with Gasteiger partial charge in [-0.2, -0.15) is 4.99 Å². The minimum atomic E-state index is -0.388. The molecule has 1 fully saturated rings. The summed E-state index contributed by atoms with van der Waals surface area (Å²) in [5.41, 5.74) is 0.314. The van der Waals surface area contributed by atoms with Gasteiger partial charge in [-0.25, -0.2) is 0 Å². The quantitative estimate of drug-likeness (QED) is 0.816. The number of hydrogen-bond donors (Lipinski definition) is 0. The number of ether oxygens (including phenoxy) is 1. The van der Waals surface area contributed by atoms with E-state index in [0.717, 1.165) is 24.3 Å². The fourth-order valence-corrected chi connectivity index (χ4v) is 3.77. The van der Waals surface area contributed by atoms with E-state index >= 15 is 0 Å². The number of aryl methyl sites for hydroxylation is 1. The van der Waals surface area contributed by atoms with Crippen LogP contribution in [-0.4, -0.2) is 23.2 Å². The number of hydrogen-bond acceptors (Lipinski definition) is 3. The molecule has 0 radical (unpaired) electrons. The van der Waals surface area contributed by atoms with Crippen LogP contribution in [0.4, 0.5) is 0 Å². The zero-order valence-corrected chi connectivity index (χ0v) is 14.9. The van der Waals surface area contributed by atoms with Gasteiger partial charge >= 0.3 is 0 Å². The summed E-state index contributed by atoms with van der Waals surface area (Å²) in [6.07, 6.45) is 4.30. The molecule has 0 N–H and O–H groups in total. The summed E-state index contributed by atoms with van der Waals surface area (Å²) in [6.45, 7) is 3.50. The Morgan fingerprint density at radius 3 is 3.04 bits per heavy atom. The highest BCUT2D eigenvalue weighted by Gasteiger charge is 2.17. The van der Waals surface area contributed by atoms with Gasteiger partial charge in [0, 0.05) is 17.7 Å². The Hall–Kier alpha value is -1.14. The lowest BCUT2D eigenvalue weighted by Gasteiger charge is -2.09. The standard InChI is InChI=1S/C16H16Cl2N2O2S/c1-10-8-20(9-11-4-3-7-22-11)16(23-10)19-15(21)12-5-2-6-13(17)14(12)18/h2,5-6,8,11H,3-4,7,9H2,1H3/b19-16-. The Morgan fingerprint density at radius 2 is 2.30 bits per heavy atom. The van der Waals surface area contributed by atoms with E-state index < -0.39 is 0 Å². The largest absolute Gasteiger partial charge is 0.376 e. The van der Waals surface area contributed by atoms with Crippen LogP contribution in [0.3, 0.4) is 0 Å². The van der Waals surface area contributed by atoms with Crippen molar-refractivity contribution in [3.05, 3.63) is 49.7 Å². The van der Waals surface area contributed by atoms with Gasteiger partial charge in [0.05, 0.1) is 28.3 Å². The summed E-state index contributed by atoms with van der Waals surface area (Å²) in [6, 6.07) is 4.97. The second-order valence-corrected chi connectivity index (χ2v) is 7.43. The molecule has 1 saturated heterocycles. The van der Waals surface area contributed by atoms with Gasteiger partial charge in [-0.05, 0) is 31.9 Å². The van der Waals surface area contributed by atoms with Crippen LogP contribution in [0, 0.1) is 6.92 Å². The van der Waals surface area contributed by atoms with E-state index in [1.54, 1.807) is 18.2 Å². The molecule has 1 aromatic heterocycles. The van der Waals surface area contributed by atoms with Crippen molar-refractivity contribution in [3.63, 3.8) is 0 Å². The van der Waals surface area contributed by atoms with Crippen LogP contribution in [0.25, 0.3) is 0 Å². The first kappa shape index (κ1) is 16.7. The SMILES string of the molecule is Cc1cn(CC2CCCO2)/c(=N/C(=O)c2cccc(Cl)c2Cl)s1. The first-order chi connectivity index (χ1) is 11.0. The lowest BCUT2D eigenvalue weighted by atomic mass is 10.2. The molecule has 1 aliphatic heterocycles. The number of amides is 1. The van der Waals surface area contributed by atoms with Crippen LogP contribution in [0.5, 0.6) is 0 Å². The minimum absolute atomic E-state index is 0.188. The van der Waals surface area contributed by atoms with E-state index in [2.05, 4.69) is 4.99 Å². The Morgan fingerprint density at radius 1 is 1.48 bits per heavy atom. The highest BCUT2D eigenvalue weighted by molar-refractivity contribution is 7.09. The van der Waals surface area contributed by atoms with Crippen molar-refractivity contribution >= 4 is 40.4 Å². The molecule has 23 heavy (non-hydrogen) atoms. The molecule has 1 aromatic carbocycles. The average molecular weight is 371 g/mol. The van der Waals surface area contributed by atoms with Gasteiger partial charge in [0.15, 0.2) is 4.80 Å². The molecule has 0 spiro atoms. The van der Waals surface area contributed by atoms with Crippen LogP contribution < -0.4 is 4.80 Å². The maximum atomic E-state index is 12.4. The molecule has 1 aliphatic rings. The van der Waals surface area contributed by atoms with Crippen LogP contribution in [0.1, 0.15) is 28.1 Å². The first-order valence-corrected chi connectivity index (χ1v) is 8.93. The molecule has 4 nitrogen and oxygen atoms in total. The van der Waals surface area contributed by atoms with Gasteiger partial charge in [-0.1, -0.05) is 29.3 Å². The first-order valence-electron chi connectivity index (χ1n) is 7.36. The molecular weight excluding hydrogens is 355 g/mol. The van der Waals surface area contributed by atoms with Crippen LogP contribution in [0.15, 0.2) is 29.4 Å². The Kier molecular flexibility index (Phi) is 5.21. The summed E-state index contributed by atoms with van der Waals surface area (Å²) in [5.74, 6) is -0.388. The van der Waals surface area contributed by atoms with Crippen LogP contribution >= 0.6 is 34.5 Å². The molecule has 2 heterocycles. The number of carbonyl (C=O) groups excluding carboxylic acids is 1. The van der Waals surface area contributed by atoms with Gasteiger partial charge < -0.3 is 9.30 Å². The van der Waals surface area contributed by atoms with Gasteiger partial charge in [0.1, 0.15) is 0 Å². The van der Waals surface area contributed by atoms with Gasteiger partial charge in [-0.3, -0.25) is 4.79 Å². The second kappa shape index (κ2) is 7.18. The topological polar surface area (TPSA) is 43.6 Å². The monoisotopic (exact) mass is 370 g/mol. The zero-order valence-electron chi connectivity index (χ0n) is 12.6. The van der Waals surface area contributed by atoms with Gasteiger partial charge in [0.25, 0.3) is 5.91 Å². The predicted molar refractivity (Wildman–Crippen MR) is 92.4 cm³/mol. The number of thiazole rings is 1. The molecule has 0 aliphatic carbocycles. The van der Waals surface area contributed by atoms with Crippen molar-refractivity contribution in [2.75, 3.05) is 6.61 Å². The van der Waals surface area contributed by atoms with E-state index in [4.69, 9.17) is 27.9 Å². The summed E-state index contributed by atoms with van der Waals surface area (Å²) in [4.78, 5) is 18.4. The fraction of sp³-hybridized carbons (Fsp3) is 0.375. The summed E-state index contributed by atoms with van der Waals surface area (Å²) >= 11 is 13.5.